The van der Waals surface area contributed by atoms with Gasteiger partial charge in [-0.15, -0.1) is 11.3 Å². The van der Waals surface area contributed by atoms with Crippen LogP contribution in [0.5, 0.6) is 0 Å². The summed E-state index contributed by atoms with van der Waals surface area (Å²) in [4.78, 5) is 41.6. The van der Waals surface area contributed by atoms with Crippen LogP contribution < -0.4 is 0 Å². The van der Waals surface area contributed by atoms with Crippen LogP contribution in [-0.2, 0) is 17.6 Å². The van der Waals surface area contributed by atoms with Crippen molar-refractivity contribution >= 4 is 28.9 Å². The lowest BCUT2D eigenvalue weighted by molar-refractivity contribution is -0.130. The second-order valence-corrected chi connectivity index (χ2v) is 9.61. The smallest absolute Gasteiger partial charge is 0.263 e. The molecule has 0 aliphatic carbocycles. The number of nitrogens with zero attached hydrogens (tertiary/aromatic N) is 2. The minimum absolute atomic E-state index is 0.106. The van der Waals surface area contributed by atoms with Crippen LogP contribution in [0.2, 0.25) is 0 Å². The van der Waals surface area contributed by atoms with E-state index in [1.54, 1.807) is 6.92 Å². The quantitative estimate of drug-likeness (QED) is 0.657. The number of rotatable bonds is 5. The van der Waals surface area contributed by atoms with Crippen LogP contribution in [0.15, 0.2) is 35.7 Å². The average molecular weight is 439 g/mol. The van der Waals surface area contributed by atoms with Crippen LogP contribution in [-0.4, -0.2) is 53.6 Å². The number of likely N-dealkylation sites (tertiary alicyclic amines) is 1. The standard InChI is InChI=1S/C25H30N2O3S/c1-18(28)26-12-8-19(9-13-26)4-7-23(29)22-6-5-20-10-14-27(15-11-21(20)17-22)25(30)24-3-2-16-31-24/h2-3,5-6,16-17,19H,4,7-15H2,1H3. The Kier molecular flexibility index (Phi) is 6.86. The third-order valence-electron chi connectivity index (χ3n) is 6.69. The van der Waals surface area contributed by atoms with Gasteiger partial charge in [-0.1, -0.05) is 18.2 Å². The van der Waals surface area contributed by atoms with E-state index < -0.39 is 0 Å². The minimum atomic E-state index is 0.106. The number of benzene rings is 1. The summed E-state index contributed by atoms with van der Waals surface area (Å²) in [5.74, 6) is 0.981. The van der Waals surface area contributed by atoms with E-state index in [1.807, 2.05) is 33.4 Å². The van der Waals surface area contributed by atoms with Crippen molar-refractivity contribution in [2.24, 2.45) is 5.92 Å². The molecule has 5 nitrogen and oxygen atoms in total. The van der Waals surface area contributed by atoms with Crippen molar-refractivity contribution in [3.8, 4) is 0 Å². The molecule has 2 aromatic rings. The highest BCUT2D eigenvalue weighted by atomic mass is 32.1. The van der Waals surface area contributed by atoms with Gasteiger partial charge in [0.25, 0.3) is 5.91 Å². The summed E-state index contributed by atoms with van der Waals surface area (Å²) in [7, 11) is 0. The first kappa shape index (κ1) is 21.8. The Hall–Kier alpha value is -2.47. The van der Waals surface area contributed by atoms with Crippen molar-refractivity contribution in [3.05, 3.63) is 57.3 Å². The molecule has 0 atom stereocenters. The van der Waals surface area contributed by atoms with Crippen molar-refractivity contribution in [3.63, 3.8) is 0 Å². The molecule has 31 heavy (non-hydrogen) atoms. The van der Waals surface area contributed by atoms with Gasteiger partial charge in [-0.3, -0.25) is 14.4 Å². The third kappa shape index (κ3) is 5.24. The predicted octanol–water partition coefficient (Wildman–Crippen LogP) is 4.21. The van der Waals surface area contributed by atoms with Gasteiger partial charge < -0.3 is 9.80 Å². The highest BCUT2D eigenvalue weighted by molar-refractivity contribution is 7.12. The Labute approximate surface area is 188 Å². The first-order chi connectivity index (χ1) is 15.0. The van der Waals surface area contributed by atoms with Gasteiger partial charge in [-0.05, 0) is 66.7 Å². The monoisotopic (exact) mass is 438 g/mol. The van der Waals surface area contributed by atoms with Crippen molar-refractivity contribution in [2.45, 2.75) is 45.4 Å². The fourth-order valence-electron chi connectivity index (χ4n) is 4.67. The normalized spacial score (nSPS) is 17.2. The van der Waals surface area contributed by atoms with Crippen molar-refractivity contribution in [1.82, 2.24) is 9.80 Å². The van der Waals surface area contributed by atoms with E-state index in [9.17, 15) is 14.4 Å². The fourth-order valence-corrected chi connectivity index (χ4v) is 5.36. The highest BCUT2D eigenvalue weighted by Gasteiger charge is 2.23. The van der Waals surface area contributed by atoms with Gasteiger partial charge in [0.05, 0.1) is 4.88 Å². The van der Waals surface area contributed by atoms with Gasteiger partial charge >= 0.3 is 0 Å². The number of piperidine rings is 1. The van der Waals surface area contributed by atoms with Gasteiger partial charge in [0, 0.05) is 45.1 Å². The summed E-state index contributed by atoms with van der Waals surface area (Å²) in [6.07, 6.45) is 5.06. The van der Waals surface area contributed by atoms with Crippen molar-refractivity contribution in [1.29, 1.82) is 0 Å². The number of carbonyl (C=O) groups is 3. The molecule has 2 amide bonds. The van der Waals surface area contributed by atoms with E-state index in [0.29, 0.717) is 18.9 Å². The molecule has 2 aliphatic rings. The Bertz CT molecular complexity index is 946. The topological polar surface area (TPSA) is 57.7 Å². The lowest BCUT2D eigenvalue weighted by Crippen LogP contribution is -2.37. The Morgan fingerprint density at radius 3 is 2.39 bits per heavy atom. The van der Waals surface area contributed by atoms with Crippen LogP contribution in [0.1, 0.15) is 63.8 Å². The number of hydrogen-bond acceptors (Lipinski definition) is 4. The largest absolute Gasteiger partial charge is 0.343 e. The minimum Gasteiger partial charge on any atom is -0.343 e. The van der Waals surface area contributed by atoms with Gasteiger partial charge in [0.1, 0.15) is 0 Å². The number of hydrogen-bond donors (Lipinski definition) is 0. The highest BCUT2D eigenvalue weighted by Crippen LogP contribution is 2.25. The van der Waals surface area contributed by atoms with E-state index in [1.165, 1.54) is 22.5 Å². The molecule has 0 unspecified atom stereocenters. The number of amides is 2. The van der Waals surface area contributed by atoms with Gasteiger partial charge in [0.15, 0.2) is 5.78 Å². The molecular weight excluding hydrogens is 408 g/mol. The average Bonchev–Trinajstić information content (AvgIpc) is 3.24. The number of ketones is 1. The molecule has 0 saturated carbocycles. The molecule has 6 heteroatoms. The zero-order valence-electron chi connectivity index (χ0n) is 18.1. The molecule has 3 heterocycles. The summed E-state index contributed by atoms with van der Waals surface area (Å²) < 4.78 is 0. The number of fused-ring (bicyclic) bond motifs is 1. The molecule has 0 radical (unpaired) electrons. The molecule has 0 bridgehead atoms. The Balaban J connectivity index is 1.32. The Morgan fingerprint density at radius 2 is 1.71 bits per heavy atom. The molecular formula is C25H30N2O3S. The van der Waals surface area contributed by atoms with Crippen molar-refractivity contribution in [2.75, 3.05) is 26.2 Å². The number of thiophene rings is 1. The van der Waals surface area contributed by atoms with E-state index >= 15 is 0 Å². The summed E-state index contributed by atoms with van der Waals surface area (Å²) in [6, 6.07) is 9.87. The maximum Gasteiger partial charge on any atom is 0.263 e. The first-order valence-corrected chi connectivity index (χ1v) is 12.1. The van der Waals surface area contributed by atoms with Crippen LogP contribution >= 0.6 is 11.3 Å². The summed E-state index contributed by atoms with van der Waals surface area (Å²) >= 11 is 1.49. The van der Waals surface area contributed by atoms with Gasteiger partial charge in [0.2, 0.25) is 5.91 Å². The van der Waals surface area contributed by atoms with Crippen molar-refractivity contribution < 1.29 is 14.4 Å². The first-order valence-electron chi connectivity index (χ1n) is 11.2. The zero-order chi connectivity index (χ0) is 21.8. The molecule has 1 saturated heterocycles. The molecule has 164 valence electrons. The fraction of sp³-hybridized carbons (Fsp3) is 0.480. The lowest BCUT2D eigenvalue weighted by Gasteiger charge is -2.31. The SMILES string of the molecule is CC(=O)N1CCC(CCC(=O)c2ccc3c(c2)CCN(C(=O)c2cccs2)CC3)CC1. The number of Topliss-reactive ketones (excluding diaryl/α,β-unsaturated/α-hetero) is 1. The summed E-state index contributed by atoms with van der Waals surface area (Å²) in [5.41, 5.74) is 3.23. The van der Waals surface area contributed by atoms with Crippen LogP contribution in [0.3, 0.4) is 0 Å². The van der Waals surface area contributed by atoms with Gasteiger partial charge in [-0.25, -0.2) is 0 Å². The predicted molar refractivity (Wildman–Crippen MR) is 123 cm³/mol. The Morgan fingerprint density at radius 1 is 0.968 bits per heavy atom. The van der Waals surface area contributed by atoms with Crippen LogP contribution in [0, 0.1) is 5.92 Å². The van der Waals surface area contributed by atoms with E-state index in [4.69, 9.17) is 0 Å². The van der Waals surface area contributed by atoms with E-state index in [2.05, 4.69) is 12.1 Å². The molecule has 0 spiro atoms. The molecule has 1 fully saturated rings. The number of carbonyl (C=O) groups excluding carboxylic acids is 3. The van der Waals surface area contributed by atoms with Crippen LogP contribution in [0.4, 0.5) is 0 Å². The van der Waals surface area contributed by atoms with E-state index in [0.717, 1.165) is 62.2 Å². The van der Waals surface area contributed by atoms with Gasteiger partial charge in [-0.2, -0.15) is 0 Å². The maximum absolute atomic E-state index is 12.8. The second-order valence-electron chi connectivity index (χ2n) is 8.66. The maximum atomic E-state index is 12.8. The molecule has 1 aromatic heterocycles. The zero-order valence-corrected chi connectivity index (χ0v) is 19.0. The third-order valence-corrected chi connectivity index (χ3v) is 7.55. The van der Waals surface area contributed by atoms with Crippen LogP contribution in [0.25, 0.3) is 0 Å². The molecule has 4 rings (SSSR count). The summed E-state index contributed by atoms with van der Waals surface area (Å²) in [6.45, 7) is 4.66. The summed E-state index contributed by atoms with van der Waals surface area (Å²) in [5, 5.41) is 1.93. The molecule has 1 aromatic carbocycles. The second kappa shape index (κ2) is 9.77. The lowest BCUT2D eigenvalue weighted by atomic mass is 9.89. The van der Waals surface area contributed by atoms with E-state index in [-0.39, 0.29) is 17.6 Å². The molecule has 0 N–H and O–H groups in total. The molecule has 2 aliphatic heterocycles.